The summed E-state index contributed by atoms with van der Waals surface area (Å²) in [7, 11) is 0. The SMILES string of the molecule is CC(C)COc1ccc(C(C)(C)C)cc1OCc1ccccc1. The summed E-state index contributed by atoms with van der Waals surface area (Å²) in [5.74, 6) is 2.13. The van der Waals surface area contributed by atoms with Gasteiger partial charge in [-0.25, -0.2) is 0 Å². The van der Waals surface area contributed by atoms with Crippen molar-refractivity contribution in [1.82, 2.24) is 0 Å². The Hall–Kier alpha value is -1.96. The van der Waals surface area contributed by atoms with Crippen molar-refractivity contribution in [2.75, 3.05) is 6.61 Å². The summed E-state index contributed by atoms with van der Waals surface area (Å²) >= 11 is 0. The van der Waals surface area contributed by atoms with Gasteiger partial charge in [-0.05, 0) is 34.6 Å². The number of rotatable bonds is 6. The van der Waals surface area contributed by atoms with Crippen molar-refractivity contribution in [3.05, 3.63) is 59.7 Å². The molecule has 0 heterocycles. The van der Waals surface area contributed by atoms with Gasteiger partial charge >= 0.3 is 0 Å². The minimum atomic E-state index is 0.0848. The molecule has 2 aromatic rings. The maximum atomic E-state index is 6.07. The topological polar surface area (TPSA) is 18.5 Å². The molecule has 0 aliphatic carbocycles. The van der Waals surface area contributed by atoms with E-state index in [1.54, 1.807) is 0 Å². The largest absolute Gasteiger partial charge is 0.489 e. The summed E-state index contributed by atoms with van der Waals surface area (Å²) in [6.45, 7) is 12.2. The number of benzene rings is 2. The Morgan fingerprint density at radius 1 is 0.870 bits per heavy atom. The fraction of sp³-hybridized carbons (Fsp3) is 0.429. The van der Waals surface area contributed by atoms with Crippen LogP contribution in [0.1, 0.15) is 45.7 Å². The molecule has 0 aromatic heterocycles. The quantitative estimate of drug-likeness (QED) is 0.691. The minimum absolute atomic E-state index is 0.0848. The van der Waals surface area contributed by atoms with E-state index in [1.165, 1.54) is 5.56 Å². The monoisotopic (exact) mass is 312 g/mol. The lowest BCUT2D eigenvalue weighted by molar-refractivity contribution is 0.239. The van der Waals surface area contributed by atoms with Gasteiger partial charge in [0.25, 0.3) is 0 Å². The molecular weight excluding hydrogens is 284 g/mol. The first kappa shape index (κ1) is 17.4. The lowest BCUT2D eigenvalue weighted by Crippen LogP contribution is -2.12. The molecule has 2 rings (SSSR count). The highest BCUT2D eigenvalue weighted by Crippen LogP contribution is 2.34. The zero-order chi connectivity index (χ0) is 16.9. The van der Waals surface area contributed by atoms with Crippen LogP contribution in [0.5, 0.6) is 11.5 Å². The molecule has 124 valence electrons. The third-order valence-electron chi connectivity index (χ3n) is 3.62. The van der Waals surface area contributed by atoms with E-state index in [0.717, 1.165) is 17.1 Å². The molecule has 0 aliphatic heterocycles. The highest BCUT2D eigenvalue weighted by atomic mass is 16.5. The normalized spacial score (nSPS) is 11.6. The van der Waals surface area contributed by atoms with Gasteiger partial charge in [0.05, 0.1) is 6.61 Å². The molecule has 0 saturated carbocycles. The Labute approximate surface area is 140 Å². The lowest BCUT2D eigenvalue weighted by atomic mass is 9.87. The van der Waals surface area contributed by atoms with Crippen molar-refractivity contribution in [1.29, 1.82) is 0 Å². The fourth-order valence-corrected chi connectivity index (χ4v) is 2.20. The van der Waals surface area contributed by atoms with Crippen molar-refractivity contribution < 1.29 is 9.47 Å². The number of ether oxygens (including phenoxy) is 2. The predicted molar refractivity (Wildman–Crippen MR) is 96.2 cm³/mol. The van der Waals surface area contributed by atoms with Crippen molar-refractivity contribution >= 4 is 0 Å². The Kier molecular flexibility index (Phi) is 5.70. The Morgan fingerprint density at radius 2 is 1.57 bits per heavy atom. The Balaban J connectivity index is 2.20. The second-order valence-corrected chi connectivity index (χ2v) is 7.39. The van der Waals surface area contributed by atoms with Crippen molar-refractivity contribution in [2.45, 2.75) is 46.6 Å². The molecule has 0 bridgehead atoms. The molecule has 0 atom stereocenters. The molecule has 2 nitrogen and oxygen atoms in total. The summed E-state index contributed by atoms with van der Waals surface area (Å²) in [6.07, 6.45) is 0. The van der Waals surface area contributed by atoms with E-state index in [2.05, 4.69) is 58.9 Å². The maximum absolute atomic E-state index is 6.07. The summed E-state index contributed by atoms with van der Waals surface area (Å²) in [5, 5.41) is 0. The molecule has 0 radical (unpaired) electrons. The summed E-state index contributed by atoms with van der Waals surface area (Å²) in [6, 6.07) is 16.5. The fourth-order valence-electron chi connectivity index (χ4n) is 2.20. The van der Waals surface area contributed by atoms with Crippen molar-refractivity contribution in [2.24, 2.45) is 5.92 Å². The van der Waals surface area contributed by atoms with E-state index in [4.69, 9.17) is 9.47 Å². The van der Waals surface area contributed by atoms with Gasteiger partial charge < -0.3 is 9.47 Å². The van der Waals surface area contributed by atoms with E-state index in [0.29, 0.717) is 19.1 Å². The molecule has 0 spiro atoms. The summed E-state index contributed by atoms with van der Waals surface area (Å²) < 4.78 is 12.0. The molecule has 2 aromatic carbocycles. The highest BCUT2D eigenvalue weighted by molar-refractivity contribution is 5.45. The van der Waals surface area contributed by atoms with Gasteiger partial charge in [0.2, 0.25) is 0 Å². The second kappa shape index (κ2) is 7.54. The van der Waals surface area contributed by atoms with Gasteiger partial charge in [0.15, 0.2) is 11.5 Å². The van der Waals surface area contributed by atoms with Gasteiger partial charge in [-0.15, -0.1) is 0 Å². The predicted octanol–water partition coefficient (Wildman–Crippen LogP) is 5.60. The average molecular weight is 312 g/mol. The van der Waals surface area contributed by atoms with Crippen molar-refractivity contribution in [3.8, 4) is 11.5 Å². The highest BCUT2D eigenvalue weighted by Gasteiger charge is 2.17. The summed E-state index contributed by atoms with van der Waals surface area (Å²) in [4.78, 5) is 0. The standard InChI is InChI=1S/C21H28O2/c1-16(2)14-22-19-12-11-18(21(3,4)5)13-20(19)23-15-17-9-7-6-8-10-17/h6-13,16H,14-15H2,1-5H3. The molecule has 23 heavy (non-hydrogen) atoms. The van der Waals surface area contributed by atoms with Crippen LogP contribution in [0.4, 0.5) is 0 Å². The lowest BCUT2D eigenvalue weighted by Gasteiger charge is -2.22. The third-order valence-corrected chi connectivity index (χ3v) is 3.62. The van der Waals surface area contributed by atoms with Crippen LogP contribution in [0.15, 0.2) is 48.5 Å². The molecule has 0 unspecified atom stereocenters. The van der Waals surface area contributed by atoms with Gasteiger partial charge in [0, 0.05) is 0 Å². The van der Waals surface area contributed by atoms with E-state index in [-0.39, 0.29) is 5.41 Å². The summed E-state index contributed by atoms with van der Waals surface area (Å²) in [5.41, 5.74) is 2.49. The molecule has 2 heteroatoms. The molecule has 0 aliphatic rings. The van der Waals surface area contributed by atoms with Gasteiger partial charge in [0.1, 0.15) is 6.61 Å². The Bertz CT molecular complexity index is 609. The van der Waals surface area contributed by atoms with Gasteiger partial charge in [-0.2, -0.15) is 0 Å². The molecular formula is C21H28O2. The van der Waals surface area contributed by atoms with Crippen LogP contribution in [-0.2, 0) is 12.0 Å². The third kappa shape index (κ3) is 5.31. The average Bonchev–Trinajstić information content (AvgIpc) is 2.51. The minimum Gasteiger partial charge on any atom is -0.489 e. The number of hydrogen-bond acceptors (Lipinski definition) is 2. The van der Waals surface area contributed by atoms with Gasteiger partial charge in [-0.3, -0.25) is 0 Å². The molecule has 0 amide bonds. The van der Waals surface area contributed by atoms with E-state index in [1.807, 2.05) is 24.3 Å². The number of hydrogen-bond donors (Lipinski definition) is 0. The van der Waals surface area contributed by atoms with Crippen LogP contribution in [0.25, 0.3) is 0 Å². The first-order valence-corrected chi connectivity index (χ1v) is 8.30. The van der Waals surface area contributed by atoms with Crippen LogP contribution >= 0.6 is 0 Å². The zero-order valence-electron chi connectivity index (χ0n) is 14.9. The first-order valence-electron chi connectivity index (χ1n) is 8.30. The van der Waals surface area contributed by atoms with E-state index in [9.17, 15) is 0 Å². The maximum Gasteiger partial charge on any atom is 0.161 e. The van der Waals surface area contributed by atoms with Crippen molar-refractivity contribution in [3.63, 3.8) is 0 Å². The second-order valence-electron chi connectivity index (χ2n) is 7.39. The molecule has 0 fully saturated rings. The van der Waals surface area contributed by atoms with E-state index < -0.39 is 0 Å². The first-order chi connectivity index (χ1) is 10.9. The zero-order valence-corrected chi connectivity index (χ0v) is 14.9. The van der Waals surface area contributed by atoms with Gasteiger partial charge in [-0.1, -0.05) is 71.0 Å². The molecule has 0 saturated heterocycles. The molecule has 0 N–H and O–H groups in total. The van der Waals surface area contributed by atoms with Crippen LogP contribution < -0.4 is 9.47 Å². The van der Waals surface area contributed by atoms with Crippen LogP contribution in [-0.4, -0.2) is 6.61 Å². The Morgan fingerprint density at radius 3 is 2.17 bits per heavy atom. The van der Waals surface area contributed by atoms with Crippen LogP contribution in [0, 0.1) is 5.92 Å². The van der Waals surface area contributed by atoms with Crippen LogP contribution in [0.2, 0.25) is 0 Å². The van der Waals surface area contributed by atoms with E-state index >= 15 is 0 Å². The smallest absolute Gasteiger partial charge is 0.161 e. The van der Waals surface area contributed by atoms with Crippen LogP contribution in [0.3, 0.4) is 0 Å².